The summed E-state index contributed by atoms with van der Waals surface area (Å²) in [6.45, 7) is 2.30. The van der Waals surface area contributed by atoms with Crippen LogP contribution >= 0.6 is 0 Å². The van der Waals surface area contributed by atoms with E-state index in [0.717, 1.165) is 12.1 Å². The smallest absolute Gasteiger partial charge is 0.319 e. The number of nitrogens with one attached hydrogen (secondary N) is 2. The molecule has 2 amide bonds. The lowest BCUT2D eigenvalue weighted by Gasteiger charge is -2.18. The minimum Gasteiger partial charge on any atom is -0.395 e. The van der Waals surface area contributed by atoms with Crippen LogP contribution in [0.2, 0.25) is 0 Å². The standard InChI is InChI=1S/C10H16N2O2/c1-8-4-2-3-5-9(8)12-10(14)11-6-7-13/h2-3,5,8,13H,4,6-7H2,1H3,(H2,11,12,14). The first-order valence-corrected chi connectivity index (χ1v) is 4.76. The molecule has 4 nitrogen and oxygen atoms in total. The van der Waals surface area contributed by atoms with E-state index in [1.165, 1.54) is 0 Å². The van der Waals surface area contributed by atoms with Crippen LogP contribution in [0.5, 0.6) is 0 Å². The van der Waals surface area contributed by atoms with Gasteiger partial charge in [0.1, 0.15) is 0 Å². The van der Waals surface area contributed by atoms with Crippen LogP contribution in [0.4, 0.5) is 4.79 Å². The van der Waals surface area contributed by atoms with Crippen molar-refractivity contribution in [2.45, 2.75) is 13.3 Å². The van der Waals surface area contributed by atoms with E-state index in [1.807, 2.05) is 12.2 Å². The second-order valence-corrected chi connectivity index (χ2v) is 3.29. The van der Waals surface area contributed by atoms with Crippen molar-refractivity contribution in [3.63, 3.8) is 0 Å². The third-order valence-electron chi connectivity index (χ3n) is 2.09. The molecule has 0 heterocycles. The summed E-state index contributed by atoms with van der Waals surface area (Å²) in [6.07, 6.45) is 6.85. The summed E-state index contributed by atoms with van der Waals surface area (Å²) in [4.78, 5) is 11.2. The summed E-state index contributed by atoms with van der Waals surface area (Å²) in [5.74, 6) is 0.347. The number of rotatable bonds is 3. The number of aliphatic hydroxyl groups excluding tert-OH is 1. The second kappa shape index (κ2) is 5.44. The molecule has 4 heteroatoms. The molecule has 0 spiro atoms. The van der Waals surface area contributed by atoms with Gasteiger partial charge in [0.05, 0.1) is 6.61 Å². The maximum absolute atomic E-state index is 11.2. The number of hydrogen-bond donors (Lipinski definition) is 3. The lowest BCUT2D eigenvalue weighted by Crippen LogP contribution is -2.38. The number of urea groups is 1. The maximum Gasteiger partial charge on any atom is 0.319 e. The molecule has 0 aromatic rings. The van der Waals surface area contributed by atoms with Crippen LogP contribution in [-0.4, -0.2) is 24.3 Å². The van der Waals surface area contributed by atoms with E-state index >= 15 is 0 Å². The Hall–Kier alpha value is -1.29. The molecular formula is C10H16N2O2. The second-order valence-electron chi connectivity index (χ2n) is 3.29. The van der Waals surface area contributed by atoms with Crippen molar-refractivity contribution in [1.82, 2.24) is 10.6 Å². The van der Waals surface area contributed by atoms with Gasteiger partial charge in [-0.25, -0.2) is 4.79 Å². The summed E-state index contributed by atoms with van der Waals surface area (Å²) >= 11 is 0. The average molecular weight is 196 g/mol. The molecule has 1 aliphatic carbocycles. The zero-order valence-corrected chi connectivity index (χ0v) is 8.29. The molecule has 1 rings (SSSR count). The molecule has 1 aliphatic rings. The Bertz CT molecular complexity index is 259. The molecule has 0 aromatic heterocycles. The average Bonchev–Trinajstić information content (AvgIpc) is 2.18. The maximum atomic E-state index is 11.2. The van der Waals surface area contributed by atoms with Crippen LogP contribution < -0.4 is 10.6 Å². The Kier molecular flexibility index (Phi) is 4.19. The van der Waals surface area contributed by atoms with Gasteiger partial charge >= 0.3 is 6.03 Å². The molecule has 0 radical (unpaired) electrons. The third kappa shape index (κ3) is 3.22. The fourth-order valence-electron chi connectivity index (χ4n) is 1.26. The van der Waals surface area contributed by atoms with Gasteiger partial charge in [-0.05, 0) is 18.4 Å². The van der Waals surface area contributed by atoms with Gasteiger partial charge in [0.2, 0.25) is 0 Å². The van der Waals surface area contributed by atoms with E-state index in [9.17, 15) is 4.79 Å². The number of carbonyl (C=O) groups is 1. The van der Waals surface area contributed by atoms with Gasteiger partial charge in [0.25, 0.3) is 0 Å². The van der Waals surface area contributed by atoms with Crippen molar-refractivity contribution in [2.75, 3.05) is 13.2 Å². The van der Waals surface area contributed by atoms with Gasteiger partial charge in [0, 0.05) is 12.2 Å². The topological polar surface area (TPSA) is 61.4 Å². The molecule has 1 atom stereocenters. The molecule has 0 aromatic carbocycles. The van der Waals surface area contributed by atoms with E-state index in [2.05, 4.69) is 23.6 Å². The monoisotopic (exact) mass is 196 g/mol. The summed E-state index contributed by atoms with van der Waals surface area (Å²) in [7, 11) is 0. The van der Waals surface area contributed by atoms with E-state index < -0.39 is 0 Å². The van der Waals surface area contributed by atoms with E-state index in [1.54, 1.807) is 0 Å². The predicted molar refractivity (Wildman–Crippen MR) is 54.6 cm³/mol. The number of allylic oxidation sites excluding steroid dienone is 4. The summed E-state index contributed by atoms with van der Waals surface area (Å²) in [5, 5.41) is 13.8. The van der Waals surface area contributed by atoms with Gasteiger partial charge in [-0.3, -0.25) is 0 Å². The van der Waals surface area contributed by atoms with Gasteiger partial charge in [0.15, 0.2) is 0 Å². The van der Waals surface area contributed by atoms with Crippen LogP contribution in [0.1, 0.15) is 13.3 Å². The Morgan fingerprint density at radius 2 is 2.50 bits per heavy atom. The molecule has 78 valence electrons. The number of carbonyl (C=O) groups excluding carboxylic acids is 1. The SMILES string of the molecule is CC1CC=CC=C1NC(=O)NCCO. The molecule has 0 bridgehead atoms. The molecule has 14 heavy (non-hydrogen) atoms. The molecule has 3 N–H and O–H groups in total. The molecule has 1 unspecified atom stereocenters. The Balaban J connectivity index is 2.39. The highest BCUT2D eigenvalue weighted by molar-refractivity contribution is 5.76. The lowest BCUT2D eigenvalue weighted by atomic mass is 9.99. The van der Waals surface area contributed by atoms with Crippen molar-refractivity contribution in [2.24, 2.45) is 5.92 Å². The highest BCUT2D eigenvalue weighted by Crippen LogP contribution is 2.16. The molecule has 0 fully saturated rings. The van der Waals surface area contributed by atoms with Crippen molar-refractivity contribution in [3.8, 4) is 0 Å². The van der Waals surface area contributed by atoms with E-state index in [4.69, 9.17) is 5.11 Å². The minimum absolute atomic E-state index is 0.0398. The molecule has 0 aliphatic heterocycles. The first-order chi connectivity index (χ1) is 6.74. The highest BCUT2D eigenvalue weighted by Gasteiger charge is 2.11. The molecule has 0 saturated carbocycles. The fraction of sp³-hybridized carbons (Fsp3) is 0.500. The number of hydrogen-bond acceptors (Lipinski definition) is 2. The normalized spacial score (nSPS) is 20.1. The fourth-order valence-corrected chi connectivity index (χ4v) is 1.26. The zero-order chi connectivity index (χ0) is 10.4. The van der Waals surface area contributed by atoms with Crippen molar-refractivity contribution in [1.29, 1.82) is 0 Å². The van der Waals surface area contributed by atoms with Crippen LogP contribution in [0, 0.1) is 5.92 Å². The van der Waals surface area contributed by atoms with Crippen LogP contribution in [-0.2, 0) is 0 Å². The Labute approximate surface area is 83.7 Å². The van der Waals surface area contributed by atoms with Crippen molar-refractivity contribution < 1.29 is 9.90 Å². The van der Waals surface area contributed by atoms with Crippen LogP contribution in [0.25, 0.3) is 0 Å². The van der Waals surface area contributed by atoms with Gasteiger partial charge in [-0.15, -0.1) is 0 Å². The number of amides is 2. The lowest BCUT2D eigenvalue weighted by molar-refractivity contribution is 0.235. The minimum atomic E-state index is -0.257. The van der Waals surface area contributed by atoms with Crippen molar-refractivity contribution in [3.05, 3.63) is 23.9 Å². The Morgan fingerprint density at radius 1 is 1.71 bits per heavy atom. The van der Waals surface area contributed by atoms with E-state index in [0.29, 0.717) is 5.92 Å². The molecular weight excluding hydrogens is 180 g/mol. The van der Waals surface area contributed by atoms with Gasteiger partial charge < -0.3 is 15.7 Å². The summed E-state index contributed by atoms with van der Waals surface area (Å²) < 4.78 is 0. The number of aliphatic hydroxyl groups is 1. The predicted octanol–water partition coefficient (Wildman–Crippen LogP) is 0.758. The van der Waals surface area contributed by atoms with Crippen LogP contribution in [0.3, 0.4) is 0 Å². The molecule has 0 saturated heterocycles. The van der Waals surface area contributed by atoms with Crippen LogP contribution in [0.15, 0.2) is 23.9 Å². The Morgan fingerprint density at radius 3 is 3.14 bits per heavy atom. The zero-order valence-electron chi connectivity index (χ0n) is 8.29. The quantitative estimate of drug-likeness (QED) is 0.624. The van der Waals surface area contributed by atoms with Crippen molar-refractivity contribution >= 4 is 6.03 Å². The third-order valence-corrected chi connectivity index (χ3v) is 2.09. The first-order valence-electron chi connectivity index (χ1n) is 4.76. The first kappa shape index (κ1) is 10.8. The largest absolute Gasteiger partial charge is 0.395 e. The summed E-state index contributed by atoms with van der Waals surface area (Å²) in [5.41, 5.74) is 0.919. The van der Waals surface area contributed by atoms with Gasteiger partial charge in [-0.2, -0.15) is 0 Å². The van der Waals surface area contributed by atoms with E-state index in [-0.39, 0.29) is 19.2 Å². The van der Waals surface area contributed by atoms with Gasteiger partial charge in [-0.1, -0.05) is 19.1 Å². The summed E-state index contributed by atoms with van der Waals surface area (Å²) in [6, 6.07) is -0.257. The highest BCUT2D eigenvalue weighted by atomic mass is 16.3.